The van der Waals surface area contributed by atoms with Crippen LogP contribution < -0.4 is 20.2 Å². The number of aromatic nitrogens is 2. The molecule has 0 aliphatic rings. The average molecular weight is 554 g/mol. The fourth-order valence-corrected chi connectivity index (χ4v) is 3.86. The molecule has 4 aromatic rings. The first-order chi connectivity index (χ1) is 20.1. The van der Waals surface area contributed by atoms with Gasteiger partial charge in [0.05, 0.1) is 31.7 Å². The number of hydrazone groups is 1. The maximum Gasteiger partial charge on any atom is 0.259 e. The van der Waals surface area contributed by atoms with E-state index in [0.717, 1.165) is 36.3 Å². The molecule has 0 aliphatic heterocycles. The molecule has 9 nitrogen and oxygen atoms in total. The van der Waals surface area contributed by atoms with Gasteiger partial charge in [-0.3, -0.25) is 9.59 Å². The zero-order chi connectivity index (χ0) is 28.9. The van der Waals surface area contributed by atoms with Crippen LogP contribution in [0.15, 0.2) is 90.2 Å². The summed E-state index contributed by atoms with van der Waals surface area (Å²) in [7, 11) is 0. The molecule has 9 heteroatoms. The number of hydrogen-bond donors (Lipinski definition) is 2. The lowest BCUT2D eigenvalue weighted by atomic mass is 10.1. The Bertz CT molecular complexity index is 1430. The van der Waals surface area contributed by atoms with E-state index < -0.39 is 5.91 Å². The third-order valence-electron chi connectivity index (χ3n) is 6.05. The SMILES string of the molecule is CCCCOc1ccc(C(=O)NCC(=O)N/N=C\c2cn(-c3ccccc3)nc2-c2ccc(OCCC)cc2)cc1. The Kier molecular flexibility index (Phi) is 10.7. The average Bonchev–Trinajstić information content (AvgIpc) is 3.44. The monoisotopic (exact) mass is 553 g/mol. The Balaban J connectivity index is 1.38. The van der Waals surface area contributed by atoms with Crippen molar-refractivity contribution in [2.75, 3.05) is 19.8 Å². The molecule has 212 valence electrons. The fourth-order valence-electron chi connectivity index (χ4n) is 3.86. The first-order valence-corrected chi connectivity index (χ1v) is 13.8. The van der Waals surface area contributed by atoms with E-state index in [9.17, 15) is 9.59 Å². The summed E-state index contributed by atoms with van der Waals surface area (Å²) in [5, 5.41) is 11.5. The van der Waals surface area contributed by atoms with E-state index in [4.69, 9.17) is 14.6 Å². The molecule has 4 rings (SSSR count). The summed E-state index contributed by atoms with van der Waals surface area (Å²) in [4.78, 5) is 24.8. The quantitative estimate of drug-likeness (QED) is 0.124. The van der Waals surface area contributed by atoms with E-state index in [2.05, 4.69) is 29.7 Å². The molecule has 3 aromatic carbocycles. The number of carbonyl (C=O) groups is 2. The van der Waals surface area contributed by atoms with Gasteiger partial charge in [-0.15, -0.1) is 0 Å². The summed E-state index contributed by atoms with van der Waals surface area (Å²) in [5.74, 6) is 0.683. The van der Waals surface area contributed by atoms with Gasteiger partial charge < -0.3 is 14.8 Å². The van der Waals surface area contributed by atoms with Gasteiger partial charge in [0.15, 0.2) is 0 Å². The Morgan fingerprint density at radius 3 is 2.24 bits per heavy atom. The number of ether oxygens (including phenoxy) is 2. The number of rotatable bonds is 14. The van der Waals surface area contributed by atoms with E-state index in [1.807, 2.05) is 60.8 Å². The maximum absolute atomic E-state index is 12.4. The minimum Gasteiger partial charge on any atom is -0.494 e. The third kappa shape index (κ3) is 8.53. The highest BCUT2D eigenvalue weighted by molar-refractivity contribution is 5.96. The molecule has 0 saturated carbocycles. The fraction of sp³-hybridized carbons (Fsp3) is 0.250. The molecule has 0 unspecified atom stereocenters. The summed E-state index contributed by atoms with van der Waals surface area (Å²) in [6.45, 7) is 5.23. The number of nitrogens with one attached hydrogen (secondary N) is 2. The zero-order valence-corrected chi connectivity index (χ0v) is 23.4. The standard InChI is InChI=1S/C32H35N5O4/c1-3-5-20-41-29-17-13-25(14-18-29)32(39)33-22-30(38)35-34-21-26-23-37(27-9-7-6-8-10-27)36-31(26)24-11-15-28(16-12-24)40-19-4-2/h6-18,21,23H,3-5,19-20,22H2,1-2H3,(H,33,39)(H,35,38)/b34-21-. The molecule has 0 fully saturated rings. The summed E-state index contributed by atoms with van der Waals surface area (Å²) >= 11 is 0. The molecule has 0 aliphatic carbocycles. The molecular weight excluding hydrogens is 518 g/mol. The van der Waals surface area contributed by atoms with Crippen molar-refractivity contribution in [3.63, 3.8) is 0 Å². The van der Waals surface area contributed by atoms with Crippen molar-refractivity contribution in [2.24, 2.45) is 5.10 Å². The third-order valence-corrected chi connectivity index (χ3v) is 6.05. The number of unbranched alkanes of at least 4 members (excludes halogenated alkanes) is 1. The summed E-state index contributed by atoms with van der Waals surface area (Å²) < 4.78 is 13.1. The lowest BCUT2D eigenvalue weighted by Gasteiger charge is -2.07. The molecule has 1 heterocycles. The normalized spacial score (nSPS) is 10.9. The number of hydrogen-bond acceptors (Lipinski definition) is 6. The number of para-hydroxylation sites is 1. The van der Waals surface area contributed by atoms with Crippen LogP contribution in [0.5, 0.6) is 11.5 Å². The lowest BCUT2D eigenvalue weighted by molar-refractivity contribution is -0.120. The highest BCUT2D eigenvalue weighted by Gasteiger charge is 2.12. The van der Waals surface area contributed by atoms with E-state index in [1.165, 1.54) is 0 Å². The van der Waals surface area contributed by atoms with Crippen molar-refractivity contribution in [3.05, 3.63) is 96.2 Å². The number of amides is 2. The van der Waals surface area contributed by atoms with Gasteiger partial charge in [-0.05, 0) is 73.5 Å². The van der Waals surface area contributed by atoms with Crippen LogP contribution in [0.3, 0.4) is 0 Å². The molecule has 2 amide bonds. The molecule has 0 saturated heterocycles. The summed E-state index contributed by atoms with van der Waals surface area (Å²) in [5.41, 5.74) is 6.09. The van der Waals surface area contributed by atoms with Crippen LogP contribution in [0.25, 0.3) is 16.9 Å². The zero-order valence-electron chi connectivity index (χ0n) is 23.4. The smallest absolute Gasteiger partial charge is 0.259 e. The first-order valence-electron chi connectivity index (χ1n) is 13.8. The van der Waals surface area contributed by atoms with Crippen molar-refractivity contribution in [1.29, 1.82) is 0 Å². The van der Waals surface area contributed by atoms with Gasteiger partial charge in [-0.2, -0.15) is 10.2 Å². The first kappa shape index (κ1) is 29.1. The van der Waals surface area contributed by atoms with Crippen LogP contribution >= 0.6 is 0 Å². The molecular formula is C32H35N5O4. The minimum atomic E-state index is -0.455. The van der Waals surface area contributed by atoms with Crippen molar-refractivity contribution >= 4 is 18.0 Å². The molecule has 1 aromatic heterocycles. The largest absolute Gasteiger partial charge is 0.494 e. The number of nitrogens with zero attached hydrogens (tertiary/aromatic N) is 3. The van der Waals surface area contributed by atoms with Gasteiger partial charge in [0, 0.05) is 22.9 Å². The molecule has 0 radical (unpaired) electrons. The maximum atomic E-state index is 12.4. The van der Waals surface area contributed by atoms with Crippen LogP contribution in [-0.4, -0.2) is 47.6 Å². The van der Waals surface area contributed by atoms with Crippen molar-refractivity contribution < 1.29 is 19.1 Å². The van der Waals surface area contributed by atoms with E-state index in [-0.39, 0.29) is 12.5 Å². The van der Waals surface area contributed by atoms with Crippen LogP contribution in [0.4, 0.5) is 0 Å². The highest BCUT2D eigenvalue weighted by Crippen LogP contribution is 2.25. The Morgan fingerprint density at radius 1 is 0.878 bits per heavy atom. The molecule has 2 N–H and O–H groups in total. The van der Waals surface area contributed by atoms with Crippen molar-refractivity contribution in [3.8, 4) is 28.4 Å². The van der Waals surface area contributed by atoms with E-state index in [0.29, 0.717) is 35.8 Å². The van der Waals surface area contributed by atoms with Crippen LogP contribution in [0.2, 0.25) is 0 Å². The molecule has 0 atom stereocenters. The molecule has 0 bridgehead atoms. The molecule has 0 spiro atoms. The van der Waals surface area contributed by atoms with E-state index in [1.54, 1.807) is 35.2 Å². The molecule has 41 heavy (non-hydrogen) atoms. The lowest BCUT2D eigenvalue weighted by Crippen LogP contribution is -2.34. The number of carbonyl (C=O) groups excluding carboxylic acids is 2. The minimum absolute atomic E-state index is 0.222. The second-order valence-electron chi connectivity index (χ2n) is 9.29. The van der Waals surface area contributed by atoms with Gasteiger partial charge in [-0.25, -0.2) is 10.1 Å². The Hall–Kier alpha value is -4.92. The van der Waals surface area contributed by atoms with Crippen LogP contribution in [-0.2, 0) is 4.79 Å². The summed E-state index contributed by atoms with van der Waals surface area (Å²) in [6, 6.07) is 24.3. The van der Waals surface area contributed by atoms with Gasteiger partial charge in [-0.1, -0.05) is 38.5 Å². The van der Waals surface area contributed by atoms with E-state index >= 15 is 0 Å². The topological polar surface area (TPSA) is 107 Å². The Labute approximate surface area is 240 Å². The predicted octanol–water partition coefficient (Wildman–Crippen LogP) is 5.39. The number of benzene rings is 3. The van der Waals surface area contributed by atoms with Crippen LogP contribution in [0, 0.1) is 0 Å². The van der Waals surface area contributed by atoms with Gasteiger partial charge in [0.1, 0.15) is 17.2 Å². The second-order valence-corrected chi connectivity index (χ2v) is 9.29. The van der Waals surface area contributed by atoms with Crippen LogP contribution in [0.1, 0.15) is 49.0 Å². The Morgan fingerprint density at radius 2 is 1.56 bits per heavy atom. The second kappa shape index (κ2) is 15.0. The van der Waals surface area contributed by atoms with Gasteiger partial charge in [0.25, 0.3) is 11.8 Å². The predicted molar refractivity (Wildman–Crippen MR) is 160 cm³/mol. The van der Waals surface area contributed by atoms with Crippen molar-refractivity contribution in [2.45, 2.75) is 33.1 Å². The summed E-state index contributed by atoms with van der Waals surface area (Å²) in [6.07, 6.45) is 6.34. The van der Waals surface area contributed by atoms with Crippen molar-refractivity contribution in [1.82, 2.24) is 20.5 Å². The van der Waals surface area contributed by atoms with Gasteiger partial charge >= 0.3 is 0 Å². The highest BCUT2D eigenvalue weighted by atomic mass is 16.5. The van der Waals surface area contributed by atoms with Gasteiger partial charge in [0.2, 0.25) is 0 Å².